The molecule has 0 aliphatic heterocycles. The SMILES string of the molecule is COCCNC(=O)NC(=O)COC(=O)c1ccccc1Br. The molecule has 0 fully saturated rings. The number of imide groups is 1. The van der Waals surface area contributed by atoms with Gasteiger partial charge in [-0.25, -0.2) is 9.59 Å². The van der Waals surface area contributed by atoms with Crippen LogP contribution in [0, 0.1) is 0 Å². The van der Waals surface area contributed by atoms with Crippen LogP contribution in [0.2, 0.25) is 0 Å². The van der Waals surface area contributed by atoms with Crippen LogP contribution >= 0.6 is 15.9 Å². The lowest BCUT2D eigenvalue weighted by Crippen LogP contribution is -2.42. The van der Waals surface area contributed by atoms with E-state index >= 15 is 0 Å². The Morgan fingerprint density at radius 1 is 1.24 bits per heavy atom. The summed E-state index contributed by atoms with van der Waals surface area (Å²) in [5, 5.41) is 4.43. The third-order valence-corrected chi connectivity index (χ3v) is 2.96. The number of halogens is 1. The monoisotopic (exact) mass is 358 g/mol. The molecule has 8 heteroatoms. The molecule has 0 aliphatic carbocycles. The van der Waals surface area contributed by atoms with Gasteiger partial charge in [0.1, 0.15) is 0 Å². The predicted molar refractivity (Wildman–Crippen MR) is 77.8 cm³/mol. The zero-order chi connectivity index (χ0) is 15.7. The first-order valence-corrected chi connectivity index (χ1v) is 6.82. The zero-order valence-corrected chi connectivity index (χ0v) is 12.9. The molecule has 7 nitrogen and oxygen atoms in total. The lowest BCUT2D eigenvalue weighted by Gasteiger charge is -2.07. The van der Waals surface area contributed by atoms with Crippen LogP contribution in [-0.4, -0.2) is 44.8 Å². The number of benzene rings is 1. The van der Waals surface area contributed by atoms with Crippen LogP contribution in [-0.2, 0) is 14.3 Å². The minimum atomic E-state index is -0.717. The van der Waals surface area contributed by atoms with Gasteiger partial charge < -0.3 is 14.8 Å². The van der Waals surface area contributed by atoms with E-state index in [0.717, 1.165) is 0 Å². The van der Waals surface area contributed by atoms with Gasteiger partial charge in [-0.05, 0) is 28.1 Å². The van der Waals surface area contributed by atoms with Gasteiger partial charge in [0, 0.05) is 18.1 Å². The van der Waals surface area contributed by atoms with Crippen molar-refractivity contribution in [2.75, 3.05) is 26.9 Å². The van der Waals surface area contributed by atoms with E-state index in [4.69, 9.17) is 9.47 Å². The van der Waals surface area contributed by atoms with Gasteiger partial charge >= 0.3 is 12.0 Å². The smallest absolute Gasteiger partial charge is 0.339 e. The Morgan fingerprint density at radius 2 is 1.95 bits per heavy atom. The van der Waals surface area contributed by atoms with Crippen molar-refractivity contribution >= 4 is 33.8 Å². The van der Waals surface area contributed by atoms with Crippen LogP contribution in [0.4, 0.5) is 4.79 Å². The maximum Gasteiger partial charge on any atom is 0.339 e. The van der Waals surface area contributed by atoms with Crippen LogP contribution in [0.3, 0.4) is 0 Å². The van der Waals surface area contributed by atoms with Crippen LogP contribution in [0.25, 0.3) is 0 Å². The molecule has 21 heavy (non-hydrogen) atoms. The summed E-state index contributed by atoms with van der Waals surface area (Å²) in [5.74, 6) is -1.37. The predicted octanol–water partition coefficient (Wildman–Crippen LogP) is 1.08. The van der Waals surface area contributed by atoms with Gasteiger partial charge in [-0.2, -0.15) is 0 Å². The van der Waals surface area contributed by atoms with Crippen LogP contribution in [0.15, 0.2) is 28.7 Å². The standard InChI is InChI=1S/C13H15BrN2O5/c1-20-7-6-15-13(19)16-11(17)8-21-12(18)9-4-2-3-5-10(9)14/h2-5H,6-8H2,1H3,(H2,15,16,17,19). The minimum absolute atomic E-state index is 0.270. The van der Waals surface area contributed by atoms with Crippen molar-refractivity contribution in [1.82, 2.24) is 10.6 Å². The second-order valence-corrected chi connectivity index (χ2v) is 4.71. The Morgan fingerprint density at radius 3 is 2.62 bits per heavy atom. The number of carbonyl (C=O) groups is 3. The van der Waals surface area contributed by atoms with Crippen molar-refractivity contribution in [3.63, 3.8) is 0 Å². The maximum atomic E-state index is 11.7. The maximum absolute atomic E-state index is 11.7. The van der Waals surface area contributed by atoms with Crippen molar-refractivity contribution in [1.29, 1.82) is 0 Å². The summed E-state index contributed by atoms with van der Waals surface area (Å²) in [7, 11) is 1.49. The van der Waals surface area contributed by atoms with Gasteiger partial charge in [-0.1, -0.05) is 12.1 Å². The lowest BCUT2D eigenvalue weighted by molar-refractivity contribution is -0.123. The summed E-state index contributed by atoms with van der Waals surface area (Å²) in [5.41, 5.74) is 0.301. The van der Waals surface area contributed by atoms with E-state index in [2.05, 4.69) is 21.2 Å². The highest BCUT2D eigenvalue weighted by Gasteiger charge is 2.14. The fourth-order valence-electron chi connectivity index (χ4n) is 1.31. The average Bonchev–Trinajstić information content (AvgIpc) is 2.45. The summed E-state index contributed by atoms with van der Waals surface area (Å²) < 4.78 is 10.1. The van der Waals surface area contributed by atoms with Gasteiger partial charge in [-0.3, -0.25) is 10.1 Å². The first-order chi connectivity index (χ1) is 10.0. The summed E-state index contributed by atoms with van der Waals surface area (Å²) >= 11 is 3.20. The summed E-state index contributed by atoms with van der Waals surface area (Å²) in [6.45, 7) is 0.0584. The molecule has 0 saturated carbocycles. The molecule has 0 radical (unpaired) electrons. The van der Waals surface area contributed by atoms with Gasteiger partial charge in [0.05, 0.1) is 12.2 Å². The molecular weight excluding hydrogens is 344 g/mol. The van der Waals surface area contributed by atoms with E-state index in [-0.39, 0.29) is 6.54 Å². The Bertz CT molecular complexity index is 521. The molecule has 114 valence electrons. The number of hydrogen-bond acceptors (Lipinski definition) is 5. The number of nitrogens with one attached hydrogen (secondary N) is 2. The average molecular weight is 359 g/mol. The molecule has 1 aromatic carbocycles. The second kappa shape index (κ2) is 9.09. The largest absolute Gasteiger partial charge is 0.452 e. The van der Waals surface area contributed by atoms with Gasteiger partial charge in [0.25, 0.3) is 5.91 Å². The molecule has 0 spiro atoms. The number of carbonyl (C=O) groups excluding carboxylic acids is 3. The molecule has 1 aromatic rings. The Kier molecular flexibility index (Phi) is 7.41. The zero-order valence-electron chi connectivity index (χ0n) is 11.3. The first kappa shape index (κ1) is 17.1. The van der Waals surface area contributed by atoms with Crippen LogP contribution in [0.5, 0.6) is 0 Å². The Balaban J connectivity index is 2.34. The summed E-state index contributed by atoms with van der Waals surface area (Å²) in [6.07, 6.45) is 0. The lowest BCUT2D eigenvalue weighted by atomic mass is 10.2. The number of amides is 3. The molecule has 0 unspecified atom stereocenters. The van der Waals surface area contributed by atoms with Crippen molar-refractivity contribution < 1.29 is 23.9 Å². The second-order valence-electron chi connectivity index (χ2n) is 3.85. The van der Waals surface area contributed by atoms with E-state index in [1.807, 2.05) is 5.32 Å². The highest BCUT2D eigenvalue weighted by Crippen LogP contribution is 2.16. The highest BCUT2D eigenvalue weighted by molar-refractivity contribution is 9.10. The van der Waals surface area contributed by atoms with E-state index in [1.54, 1.807) is 24.3 Å². The molecule has 2 N–H and O–H groups in total. The normalized spacial score (nSPS) is 9.81. The van der Waals surface area contributed by atoms with Gasteiger partial charge in [0.2, 0.25) is 0 Å². The van der Waals surface area contributed by atoms with Crippen molar-refractivity contribution in [3.8, 4) is 0 Å². The molecule has 0 atom stereocenters. The van der Waals surface area contributed by atoms with Crippen molar-refractivity contribution in [2.45, 2.75) is 0 Å². The summed E-state index contributed by atoms with van der Waals surface area (Å²) in [4.78, 5) is 34.4. The van der Waals surface area contributed by atoms with E-state index in [1.165, 1.54) is 7.11 Å². The van der Waals surface area contributed by atoms with Gasteiger partial charge in [0.15, 0.2) is 6.61 Å². The molecular formula is C13H15BrN2O5. The summed E-state index contributed by atoms with van der Waals surface area (Å²) in [6, 6.07) is 5.98. The first-order valence-electron chi connectivity index (χ1n) is 6.03. The number of urea groups is 1. The van der Waals surface area contributed by atoms with Gasteiger partial charge in [-0.15, -0.1) is 0 Å². The van der Waals surface area contributed by atoms with Crippen LogP contribution in [0.1, 0.15) is 10.4 Å². The fourth-order valence-corrected chi connectivity index (χ4v) is 1.76. The molecule has 1 rings (SSSR count). The molecule has 0 heterocycles. The van der Waals surface area contributed by atoms with E-state index < -0.39 is 24.5 Å². The topological polar surface area (TPSA) is 93.7 Å². The minimum Gasteiger partial charge on any atom is -0.452 e. The van der Waals surface area contributed by atoms with Crippen LogP contribution < -0.4 is 10.6 Å². The molecule has 0 aromatic heterocycles. The van der Waals surface area contributed by atoms with E-state index in [9.17, 15) is 14.4 Å². The number of rotatable bonds is 6. The molecule has 0 bridgehead atoms. The fraction of sp³-hybridized carbons (Fsp3) is 0.308. The van der Waals surface area contributed by atoms with E-state index in [0.29, 0.717) is 16.6 Å². The highest BCUT2D eigenvalue weighted by atomic mass is 79.9. The van der Waals surface area contributed by atoms with Crippen molar-refractivity contribution in [2.24, 2.45) is 0 Å². The Labute approximate surface area is 130 Å². The number of hydrogen-bond donors (Lipinski definition) is 2. The molecule has 0 saturated heterocycles. The third kappa shape index (κ3) is 6.37. The number of ether oxygens (including phenoxy) is 2. The third-order valence-electron chi connectivity index (χ3n) is 2.27. The Hall–Kier alpha value is -1.93. The number of methoxy groups -OCH3 is 1. The van der Waals surface area contributed by atoms with Crippen molar-refractivity contribution in [3.05, 3.63) is 34.3 Å². The number of esters is 1. The molecule has 3 amide bonds. The molecule has 0 aliphatic rings. The quantitative estimate of drug-likeness (QED) is 0.586.